The molecule has 0 radical (unpaired) electrons. The fourth-order valence-corrected chi connectivity index (χ4v) is 0.858. The summed E-state index contributed by atoms with van der Waals surface area (Å²) in [6, 6.07) is -0.381. The maximum absolute atomic E-state index is 10.6. The lowest BCUT2D eigenvalue weighted by Gasteiger charge is -1.98. The van der Waals surface area contributed by atoms with Gasteiger partial charge in [0.05, 0.1) is 6.61 Å². The van der Waals surface area contributed by atoms with Crippen molar-refractivity contribution in [3.8, 4) is 0 Å². The van der Waals surface area contributed by atoms with Crippen LogP contribution in [0.3, 0.4) is 0 Å². The highest BCUT2D eigenvalue weighted by molar-refractivity contribution is 7.91. The predicted octanol–water partition coefficient (Wildman–Crippen LogP) is -0.136. The fraction of sp³-hybridized carbons (Fsp3) is 0.750. The van der Waals surface area contributed by atoms with Crippen molar-refractivity contribution in [3.05, 3.63) is 0 Å². The van der Waals surface area contributed by atoms with Gasteiger partial charge >= 0.3 is 0 Å². The smallest absolute Gasteiger partial charge is 0.297 e. The highest BCUT2D eigenvalue weighted by Crippen LogP contribution is 1.94. The molecule has 0 atom stereocenters. The summed E-state index contributed by atoms with van der Waals surface area (Å²) in [4.78, 5) is 0. The Morgan fingerprint density at radius 1 is 1.73 bits per heavy atom. The number of nitrogens with zero attached hydrogens (tertiary/aromatic N) is 1. The van der Waals surface area contributed by atoms with Gasteiger partial charge in [-0.1, -0.05) is 0 Å². The number of hydrogen-bond acceptors (Lipinski definition) is 3. The number of hydrogen-bond donors (Lipinski definition) is 1. The standard InChI is InChI=1S/C4H9ClN2O3S/c1-2-10-4(6)7-11(8,9)3-5/h2-3H2,1H3,(H2,6,7). The normalized spacial score (nSPS) is 13.1. The Morgan fingerprint density at radius 3 is 2.64 bits per heavy atom. The van der Waals surface area contributed by atoms with E-state index in [1.165, 1.54) is 0 Å². The van der Waals surface area contributed by atoms with Crippen molar-refractivity contribution in [3.63, 3.8) is 0 Å². The van der Waals surface area contributed by atoms with E-state index in [0.29, 0.717) is 0 Å². The van der Waals surface area contributed by atoms with Crippen LogP contribution in [0.1, 0.15) is 6.92 Å². The molecular formula is C4H9ClN2O3S. The first-order chi connectivity index (χ1) is 5.02. The molecule has 0 aliphatic heterocycles. The molecule has 0 fully saturated rings. The molecule has 0 bridgehead atoms. The SMILES string of the molecule is CCO/C(N)=N/S(=O)(=O)CCl. The van der Waals surface area contributed by atoms with Gasteiger partial charge in [0.2, 0.25) is 0 Å². The molecule has 0 unspecified atom stereocenters. The lowest BCUT2D eigenvalue weighted by molar-refractivity contribution is 0.323. The van der Waals surface area contributed by atoms with E-state index < -0.39 is 15.2 Å². The number of rotatable bonds is 3. The minimum atomic E-state index is -3.64. The Morgan fingerprint density at radius 2 is 2.27 bits per heavy atom. The third-order valence-electron chi connectivity index (χ3n) is 0.659. The molecule has 66 valence electrons. The van der Waals surface area contributed by atoms with Crippen LogP contribution in [-0.4, -0.2) is 26.3 Å². The van der Waals surface area contributed by atoms with Gasteiger partial charge in [0.1, 0.15) is 5.21 Å². The van der Waals surface area contributed by atoms with E-state index >= 15 is 0 Å². The largest absolute Gasteiger partial charge is 0.465 e. The topological polar surface area (TPSA) is 81.8 Å². The molecule has 0 aromatic heterocycles. The third-order valence-corrected chi connectivity index (χ3v) is 2.22. The molecule has 0 heterocycles. The van der Waals surface area contributed by atoms with Gasteiger partial charge in [-0.25, -0.2) is 8.42 Å². The molecule has 5 nitrogen and oxygen atoms in total. The number of alkyl halides is 1. The maximum Gasteiger partial charge on any atom is 0.297 e. The van der Waals surface area contributed by atoms with E-state index in [1.807, 2.05) is 0 Å². The molecule has 0 spiro atoms. The minimum Gasteiger partial charge on any atom is -0.465 e. The number of amidine groups is 1. The highest BCUT2D eigenvalue weighted by Gasteiger charge is 2.06. The van der Waals surface area contributed by atoms with E-state index in [0.717, 1.165) is 0 Å². The molecule has 0 aliphatic carbocycles. The van der Waals surface area contributed by atoms with Gasteiger partial charge in [-0.2, -0.15) is 0 Å². The first kappa shape index (κ1) is 10.5. The Bertz CT molecular complexity index is 236. The lowest BCUT2D eigenvalue weighted by atomic mass is 10.9. The molecule has 7 heteroatoms. The molecule has 0 amide bonds. The third kappa shape index (κ3) is 4.86. The zero-order chi connectivity index (χ0) is 8.91. The van der Waals surface area contributed by atoms with Gasteiger partial charge in [-0.15, -0.1) is 16.0 Å². The zero-order valence-corrected chi connectivity index (χ0v) is 7.52. The van der Waals surface area contributed by atoms with Crippen molar-refractivity contribution in [1.29, 1.82) is 0 Å². The number of ether oxygens (including phenoxy) is 1. The van der Waals surface area contributed by atoms with E-state index in [2.05, 4.69) is 9.13 Å². The van der Waals surface area contributed by atoms with Gasteiger partial charge < -0.3 is 10.5 Å². The van der Waals surface area contributed by atoms with Crippen LogP contribution >= 0.6 is 11.6 Å². The summed E-state index contributed by atoms with van der Waals surface area (Å²) in [5.41, 5.74) is 5.04. The summed E-state index contributed by atoms with van der Waals surface area (Å²) in [5.74, 6) is 0. The highest BCUT2D eigenvalue weighted by atomic mass is 35.5. The lowest BCUT2D eigenvalue weighted by Crippen LogP contribution is -2.18. The van der Waals surface area contributed by atoms with Crippen molar-refractivity contribution in [1.82, 2.24) is 0 Å². The van der Waals surface area contributed by atoms with Crippen molar-refractivity contribution in [2.75, 3.05) is 11.8 Å². The average molecular weight is 201 g/mol. The van der Waals surface area contributed by atoms with Crippen LogP contribution in [0.15, 0.2) is 4.40 Å². The van der Waals surface area contributed by atoms with Gasteiger partial charge in [0, 0.05) is 0 Å². The number of halogens is 1. The molecule has 11 heavy (non-hydrogen) atoms. The summed E-state index contributed by atoms with van der Waals surface area (Å²) in [6.07, 6.45) is 0. The van der Waals surface area contributed by atoms with Crippen molar-refractivity contribution >= 4 is 27.6 Å². The van der Waals surface area contributed by atoms with Crippen LogP contribution in [0, 0.1) is 0 Å². The van der Waals surface area contributed by atoms with Crippen molar-refractivity contribution in [2.45, 2.75) is 6.92 Å². The second-order valence-corrected chi connectivity index (χ2v) is 3.77. The predicted molar refractivity (Wildman–Crippen MR) is 42.9 cm³/mol. The molecule has 2 N–H and O–H groups in total. The van der Waals surface area contributed by atoms with Gasteiger partial charge in [-0.3, -0.25) is 0 Å². The van der Waals surface area contributed by atoms with Crippen LogP contribution in [0.2, 0.25) is 0 Å². The van der Waals surface area contributed by atoms with E-state index in [-0.39, 0.29) is 12.6 Å². The van der Waals surface area contributed by atoms with E-state index in [4.69, 9.17) is 17.3 Å². The summed E-state index contributed by atoms with van der Waals surface area (Å²) in [5, 5.41) is -0.596. The Kier molecular flexibility index (Phi) is 4.20. The first-order valence-corrected chi connectivity index (χ1v) is 4.93. The Hall–Kier alpha value is -0.490. The maximum atomic E-state index is 10.6. The minimum absolute atomic E-state index is 0.271. The molecule has 0 aromatic carbocycles. The summed E-state index contributed by atoms with van der Waals surface area (Å²) < 4.78 is 28.8. The van der Waals surface area contributed by atoms with Crippen LogP contribution in [0.25, 0.3) is 0 Å². The van der Waals surface area contributed by atoms with Crippen LogP contribution < -0.4 is 5.73 Å². The van der Waals surface area contributed by atoms with Gasteiger partial charge in [0.15, 0.2) is 0 Å². The van der Waals surface area contributed by atoms with E-state index in [9.17, 15) is 8.42 Å². The molecule has 0 saturated carbocycles. The number of nitrogens with two attached hydrogens (primary N) is 1. The fourth-order valence-electron chi connectivity index (χ4n) is 0.336. The monoisotopic (exact) mass is 200 g/mol. The Labute approximate surface area is 70.2 Å². The average Bonchev–Trinajstić information content (AvgIpc) is 1.87. The van der Waals surface area contributed by atoms with Crippen LogP contribution in [0.5, 0.6) is 0 Å². The van der Waals surface area contributed by atoms with Crippen molar-refractivity contribution in [2.24, 2.45) is 10.1 Å². The molecular weight excluding hydrogens is 192 g/mol. The molecule has 0 aromatic rings. The van der Waals surface area contributed by atoms with Crippen molar-refractivity contribution < 1.29 is 13.2 Å². The molecule has 0 saturated heterocycles. The quantitative estimate of drug-likeness (QED) is 0.391. The summed E-state index contributed by atoms with van der Waals surface area (Å²) >= 11 is 5.03. The van der Waals surface area contributed by atoms with Gasteiger partial charge in [-0.05, 0) is 6.92 Å². The first-order valence-electron chi connectivity index (χ1n) is 2.78. The van der Waals surface area contributed by atoms with Gasteiger partial charge in [0.25, 0.3) is 16.0 Å². The summed E-state index contributed by atoms with van der Waals surface area (Å²) in [7, 11) is -3.64. The molecule has 0 aliphatic rings. The summed E-state index contributed by atoms with van der Waals surface area (Å²) in [6.45, 7) is 1.93. The van der Waals surface area contributed by atoms with Crippen LogP contribution in [0.4, 0.5) is 0 Å². The van der Waals surface area contributed by atoms with E-state index in [1.54, 1.807) is 6.92 Å². The molecule has 0 rings (SSSR count). The number of sulfonamides is 1. The Balaban J connectivity index is 4.30. The zero-order valence-electron chi connectivity index (χ0n) is 5.95. The second-order valence-electron chi connectivity index (χ2n) is 1.55. The second kappa shape index (κ2) is 4.40. The van der Waals surface area contributed by atoms with Crippen LogP contribution in [-0.2, 0) is 14.8 Å².